The van der Waals surface area contributed by atoms with E-state index in [2.05, 4.69) is 0 Å². The minimum atomic E-state index is -0.525. The Balaban J connectivity index is 3.27. The van der Waals surface area contributed by atoms with Gasteiger partial charge in [-0.3, -0.25) is 4.79 Å². The number of anilines is 1. The van der Waals surface area contributed by atoms with Gasteiger partial charge in [-0.05, 0) is 6.07 Å². The van der Waals surface area contributed by atoms with E-state index in [1.54, 1.807) is 6.07 Å². The van der Waals surface area contributed by atoms with Crippen LogP contribution < -0.4 is 15.2 Å². The van der Waals surface area contributed by atoms with E-state index < -0.39 is 5.91 Å². The Bertz CT molecular complexity index is 571. The Morgan fingerprint density at radius 1 is 1.25 bits per heavy atom. The van der Waals surface area contributed by atoms with Gasteiger partial charge < -0.3 is 20.1 Å². The van der Waals surface area contributed by atoms with Crippen LogP contribution in [0.5, 0.6) is 11.5 Å². The maximum atomic E-state index is 12.3. The number of nitriles is 2. The Morgan fingerprint density at radius 3 is 2.30 bits per heavy atom. The molecule has 0 fully saturated rings. The van der Waals surface area contributed by atoms with Gasteiger partial charge in [-0.1, -0.05) is 0 Å². The molecule has 0 radical (unpaired) electrons. The Hall–Kier alpha value is -2.93. The van der Waals surface area contributed by atoms with Crippen molar-refractivity contribution in [3.8, 4) is 23.6 Å². The molecule has 104 valence electrons. The average molecular weight is 274 g/mol. The lowest BCUT2D eigenvalue weighted by Gasteiger charge is -2.18. The highest BCUT2D eigenvalue weighted by Crippen LogP contribution is 2.31. The van der Waals surface area contributed by atoms with Crippen molar-refractivity contribution in [2.24, 2.45) is 0 Å². The first kappa shape index (κ1) is 15.1. The SMILES string of the molecule is COc1cc(OC)c(N)c(C(=O)N(CC#N)CC#N)c1. The molecule has 7 heteroatoms. The second kappa shape index (κ2) is 6.86. The van der Waals surface area contributed by atoms with Gasteiger partial charge >= 0.3 is 0 Å². The number of hydrogen-bond donors (Lipinski definition) is 1. The smallest absolute Gasteiger partial charge is 0.257 e. The van der Waals surface area contributed by atoms with Crippen LogP contribution in [0.1, 0.15) is 10.4 Å². The van der Waals surface area contributed by atoms with Crippen molar-refractivity contribution in [3.05, 3.63) is 17.7 Å². The van der Waals surface area contributed by atoms with E-state index in [0.29, 0.717) is 11.5 Å². The second-order valence-electron chi connectivity index (χ2n) is 3.77. The number of carbonyl (C=O) groups excluding carboxylic acids is 1. The van der Waals surface area contributed by atoms with Gasteiger partial charge in [0.25, 0.3) is 5.91 Å². The van der Waals surface area contributed by atoms with Crippen LogP contribution in [0, 0.1) is 22.7 Å². The number of rotatable bonds is 5. The molecular formula is C13H14N4O3. The fraction of sp³-hybridized carbons (Fsp3) is 0.308. The Kier molecular flexibility index (Phi) is 5.19. The van der Waals surface area contributed by atoms with Crippen molar-refractivity contribution in [2.45, 2.75) is 0 Å². The number of amides is 1. The molecule has 0 saturated heterocycles. The summed E-state index contributed by atoms with van der Waals surface area (Å²) in [6.07, 6.45) is 0. The van der Waals surface area contributed by atoms with Crippen LogP contribution in [0.15, 0.2) is 12.1 Å². The molecule has 0 aromatic heterocycles. The van der Waals surface area contributed by atoms with Crippen molar-refractivity contribution >= 4 is 11.6 Å². The Morgan fingerprint density at radius 2 is 1.85 bits per heavy atom. The first-order valence-electron chi connectivity index (χ1n) is 5.63. The van der Waals surface area contributed by atoms with Gasteiger partial charge in [0.15, 0.2) is 0 Å². The summed E-state index contributed by atoms with van der Waals surface area (Å²) in [5, 5.41) is 17.4. The van der Waals surface area contributed by atoms with Crippen LogP contribution in [0.2, 0.25) is 0 Å². The van der Waals surface area contributed by atoms with Gasteiger partial charge in [0, 0.05) is 6.07 Å². The molecule has 1 aromatic rings. The van der Waals surface area contributed by atoms with Gasteiger partial charge in [-0.15, -0.1) is 0 Å². The van der Waals surface area contributed by atoms with Gasteiger partial charge in [0.2, 0.25) is 0 Å². The molecule has 0 atom stereocenters. The number of nitrogens with zero attached hydrogens (tertiary/aromatic N) is 3. The molecular weight excluding hydrogens is 260 g/mol. The number of ether oxygens (including phenoxy) is 2. The van der Waals surface area contributed by atoms with E-state index in [-0.39, 0.29) is 24.3 Å². The molecule has 1 aromatic carbocycles. The maximum absolute atomic E-state index is 12.3. The van der Waals surface area contributed by atoms with Crippen molar-refractivity contribution in [3.63, 3.8) is 0 Å². The molecule has 0 bridgehead atoms. The van der Waals surface area contributed by atoms with E-state index in [1.807, 2.05) is 12.1 Å². The minimum Gasteiger partial charge on any atom is -0.497 e. The highest BCUT2D eigenvalue weighted by Gasteiger charge is 2.21. The number of nitrogen functional groups attached to an aromatic ring is 1. The summed E-state index contributed by atoms with van der Waals surface area (Å²) < 4.78 is 10.1. The molecule has 0 aliphatic heterocycles. The van der Waals surface area contributed by atoms with E-state index in [0.717, 1.165) is 4.90 Å². The van der Waals surface area contributed by atoms with Gasteiger partial charge in [-0.2, -0.15) is 10.5 Å². The van der Waals surface area contributed by atoms with E-state index >= 15 is 0 Å². The van der Waals surface area contributed by atoms with Crippen LogP contribution in [0.3, 0.4) is 0 Å². The Labute approximate surface area is 116 Å². The molecule has 0 aliphatic rings. The summed E-state index contributed by atoms with van der Waals surface area (Å²) in [7, 11) is 2.86. The fourth-order valence-electron chi connectivity index (χ4n) is 1.61. The first-order chi connectivity index (χ1) is 9.58. The number of methoxy groups -OCH3 is 2. The summed E-state index contributed by atoms with van der Waals surface area (Å²) >= 11 is 0. The predicted molar refractivity (Wildman–Crippen MR) is 71.1 cm³/mol. The van der Waals surface area contributed by atoms with Gasteiger partial charge in [0.1, 0.15) is 24.6 Å². The molecule has 0 spiro atoms. The molecule has 0 unspecified atom stereocenters. The quantitative estimate of drug-likeness (QED) is 0.627. The van der Waals surface area contributed by atoms with Crippen LogP contribution in [0.4, 0.5) is 5.69 Å². The zero-order valence-corrected chi connectivity index (χ0v) is 11.2. The van der Waals surface area contributed by atoms with E-state index in [9.17, 15) is 4.79 Å². The topological polar surface area (TPSA) is 112 Å². The van der Waals surface area contributed by atoms with E-state index in [4.69, 9.17) is 25.7 Å². The lowest BCUT2D eigenvalue weighted by Crippen LogP contribution is -2.32. The largest absolute Gasteiger partial charge is 0.497 e. The van der Waals surface area contributed by atoms with Gasteiger partial charge in [-0.25, -0.2) is 0 Å². The zero-order valence-electron chi connectivity index (χ0n) is 11.2. The molecule has 20 heavy (non-hydrogen) atoms. The molecule has 1 amide bonds. The summed E-state index contributed by atoms with van der Waals surface area (Å²) in [6.45, 7) is -0.406. The number of nitrogens with two attached hydrogens (primary N) is 1. The monoisotopic (exact) mass is 274 g/mol. The summed E-state index contributed by atoms with van der Waals surface area (Å²) in [6, 6.07) is 6.65. The van der Waals surface area contributed by atoms with Crippen LogP contribution >= 0.6 is 0 Å². The van der Waals surface area contributed by atoms with Crippen LogP contribution in [-0.2, 0) is 0 Å². The summed E-state index contributed by atoms with van der Waals surface area (Å²) in [4.78, 5) is 13.4. The molecule has 0 saturated carbocycles. The highest BCUT2D eigenvalue weighted by molar-refractivity contribution is 6.01. The molecule has 1 rings (SSSR count). The lowest BCUT2D eigenvalue weighted by atomic mass is 10.1. The summed E-state index contributed by atoms with van der Waals surface area (Å²) in [5.74, 6) is 0.164. The third kappa shape index (κ3) is 3.09. The van der Waals surface area contributed by atoms with Crippen molar-refractivity contribution in [1.82, 2.24) is 4.90 Å². The normalized spacial score (nSPS) is 9.20. The van der Waals surface area contributed by atoms with Crippen molar-refractivity contribution < 1.29 is 14.3 Å². The van der Waals surface area contributed by atoms with Crippen molar-refractivity contribution in [1.29, 1.82) is 10.5 Å². The third-order valence-corrected chi connectivity index (χ3v) is 2.61. The molecule has 0 aliphatic carbocycles. The standard InChI is InChI=1S/C13H14N4O3/c1-19-9-7-10(12(16)11(8-9)20-2)13(18)17(5-3-14)6-4-15/h7-8H,5-6,16H2,1-2H3. The van der Waals surface area contributed by atoms with E-state index in [1.165, 1.54) is 20.3 Å². The zero-order chi connectivity index (χ0) is 15.1. The first-order valence-corrected chi connectivity index (χ1v) is 5.63. The maximum Gasteiger partial charge on any atom is 0.257 e. The molecule has 2 N–H and O–H groups in total. The summed E-state index contributed by atoms with van der Waals surface area (Å²) in [5.41, 5.74) is 6.12. The van der Waals surface area contributed by atoms with Crippen molar-refractivity contribution in [2.75, 3.05) is 33.0 Å². The second-order valence-corrected chi connectivity index (χ2v) is 3.77. The van der Waals surface area contributed by atoms with Gasteiger partial charge in [0.05, 0.1) is 37.6 Å². The average Bonchev–Trinajstić information content (AvgIpc) is 2.46. The predicted octanol–water partition coefficient (Wildman–Crippen LogP) is 0.775. The molecule has 7 nitrogen and oxygen atoms in total. The van der Waals surface area contributed by atoms with Crippen LogP contribution in [-0.4, -0.2) is 38.1 Å². The minimum absolute atomic E-state index is 0.131. The number of benzene rings is 1. The fourth-order valence-corrected chi connectivity index (χ4v) is 1.61. The number of carbonyl (C=O) groups is 1. The van der Waals surface area contributed by atoms with Crippen LogP contribution in [0.25, 0.3) is 0 Å². The highest BCUT2D eigenvalue weighted by atomic mass is 16.5. The molecule has 0 heterocycles. The number of hydrogen-bond acceptors (Lipinski definition) is 6. The third-order valence-electron chi connectivity index (χ3n) is 2.61. The lowest BCUT2D eigenvalue weighted by molar-refractivity contribution is 0.0795.